The minimum atomic E-state index is -0.379. The van der Waals surface area contributed by atoms with Crippen LogP contribution < -0.4 is 0 Å². The fraction of sp³-hybridized carbons (Fsp3) is 1.00. The Morgan fingerprint density at radius 3 is 2.30 bits per heavy atom. The molecular formula is C7H14BrFO. The molecule has 0 aliphatic heterocycles. The standard InChI is InChI=1S/C7H14BrFO/c1-7(2,3)10-5-6(8)4-9/h6H,4-5H2,1-3H3. The highest BCUT2D eigenvalue weighted by atomic mass is 79.9. The highest BCUT2D eigenvalue weighted by Crippen LogP contribution is 2.10. The Balaban J connectivity index is 3.36. The third-order valence-corrected chi connectivity index (χ3v) is 1.37. The maximum Gasteiger partial charge on any atom is 0.104 e. The highest BCUT2D eigenvalue weighted by molar-refractivity contribution is 9.09. The van der Waals surface area contributed by atoms with Gasteiger partial charge in [0, 0.05) is 0 Å². The van der Waals surface area contributed by atoms with Crippen LogP contribution in [0.4, 0.5) is 4.39 Å². The van der Waals surface area contributed by atoms with Crippen molar-refractivity contribution in [1.82, 2.24) is 0 Å². The third kappa shape index (κ3) is 6.49. The van der Waals surface area contributed by atoms with Gasteiger partial charge < -0.3 is 4.74 Å². The summed E-state index contributed by atoms with van der Waals surface area (Å²) in [7, 11) is 0. The summed E-state index contributed by atoms with van der Waals surface area (Å²) in [6.07, 6.45) is 0. The average Bonchev–Trinajstić information content (AvgIpc) is 1.81. The van der Waals surface area contributed by atoms with E-state index in [1.54, 1.807) is 0 Å². The molecule has 0 spiro atoms. The summed E-state index contributed by atoms with van der Waals surface area (Å²) in [6.45, 7) is 5.90. The van der Waals surface area contributed by atoms with Gasteiger partial charge in [-0.15, -0.1) is 0 Å². The Morgan fingerprint density at radius 2 is 2.00 bits per heavy atom. The van der Waals surface area contributed by atoms with Crippen molar-refractivity contribution in [2.75, 3.05) is 13.3 Å². The molecule has 0 aromatic carbocycles. The molecule has 0 amide bonds. The second kappa shape index (κ2) is 4.29. The fourth-order valence-electron chi connectivity index (χ4n) is 0.385. The van der Waals surface area contributed by atoms with Crippen LogP contribution >= 0.6 is 15.9 Å². The number of hydrogen-bond acceptors (Lipinski definition) is 1. The summed E-state index contributed by atoms with van der Waals surface area (Å²) in [5, 5.41) is 0. The molecule has 1 atom stereocenters. The van der Waals surface area contributed by atoms with E-state index < -0.39 is 0 Å². The van der Waals surface area contributed by atoms with Crippen molar-refractivity contribution in [2.24, 2.45) is 0 Å². The van der Waals surface area contributed by atoms with E-state index in [0.29, 0.717) is 6.61 Å². The van der Waals surface area contributed by atoms with Crippen molar-refractivity contribution >= 4 is 15.9 Å². The van der Waals surface area contributed by atoms with Gasteiger partial charge in [-0.05, 0) is 20.8 Å². The normalized spacial score (nSPS) is 15.3. The monoisotopic (exact) mass is 212 g/mol. The van der Waals surface area contributed by atoms with Crippen molar-refractivity contribution in [3.05, 3.63) is 0 Å². The smallest absolute Gasteiger partial charge is 0.104 e. The van der Waals surface area contributed by atoms with Crippen molar-refractivity contribution < 1.29 is 9.13 Å². The summed E-state index contributed by atoms with van der Waals surface area (Å²) in [5.41, 5.74) is -0.165. The molecule has 10 heavy (non-hydrogen) atoms. The van der Waals surface area contributed by atoms with E-state index in [0.717, 1.165) is 0 Å². The van der Waals surface area contributed by atoms with E-state index in [4.69, 9.17) is 4.74 Å². The zero-order valence-electron chi connectivity index (χ0n) is 6.66. The molecule has 1 unspecified atom stereocenters. The van der Waals surface area contributed by atoms with Gasteiger partial charge in [-0.3, -0.25) is 0 Å². The van der Waals surface area contributed by atoms with E-state index >= 15 is 0 Å². The van der Waals surface area contributed by atoms with Gasteiger partial charge in [-0.25, -0.2) is 4.39 Å². The van der Waals surface area contributed by atoms with Crippen molar-refractivity contribution in [3.8, 4) is 0 Å². The molecule has 1 nitrogen and oxygen atoms in total. The number of halogens is 2. The topological polar surface area (TPSA) is 9.23 Å². The Bertz CT molecular complexity index is 90.1. The lowest BCUT2D eigenvalue weighted by molar-refractivity contribution is -0.00286. The fourth-order valence-corrected chi connectivity index (χ4v) is 0.517. The first kappa shape index (κ1) is 10.4. The molecule has 0 heterocycles. The lowest BCUT2D eigenvalue weighted by Gasteiger charge is -2.20. The van der Waals surface area contributed by atoms with Gasteiger partial charge in [0.25, 0.3) is 0 Å². The molecule has 0 fully saturated rings. The average molecular weight is 213 g/mol. The van der Waals surface area contributed by atoms with Gasteiger partial charge in [0.15, 0.2) is 0 Å². The lowest BCUT2D eigenvalue weighted by atomic mass is 10.2. The summed E-state index contributed by atoms with van der Waals surface area (Å²) in [4.78, 5) is -0.160. The molecule has 0 radical (unpaired) electrons. The Hall–Kier alpha value is 0.370. The molecule has 3 heteroatoms. The molecule has 0 aromatic rings. The second-order valence-electron chi connectivity index (χ2n) is 3.17. The Morgan fingerprint density at radius 1 is 1.50 bits per heavy atom. The van der Waals surface area contributed by atoms with Crippen LogP contribution in [0.1, 0.15) is 20.8 Å². The predicted octanol–water partition coefficient (Wildman–Crippen LogP) is 2.53. The van der Waals surface area contributed by atoms with Gasteiger partial charge in [-0.1, -0.05) is 15.9 Å². The van der Waals surface area contributed by atoms with Crippen LogP contribution in [0.15, 0.2) is 0 Å². The summed E-state index contributed by atoms with van der Waals surface area (Å²) >= 11 is 3.13. The molecule has 0 saturated heterocycles. The zero-order valence-corrected chi connectivity index (χ0v) is 8.24. The van der Waals surface area contributed by atoms with E-state index in [1.165, 1.54) is 0 Å². The number of rotatable bonds is 3. The van der Waals surface area contributed by atoms with Crippen LogP contribution in [0, 0.1) is 0 Å². The third-order valence-electron chi connectivity index (χ3n) is 0.865. The van der Waals surface area contributed by atoms with Crippen LogP contribution in [0.25, 0.3) is 0 Å². The van der Waals surface area contributed by atoms with Gasteiger partial charge in [0.1, 0.15) is 6.67 Å². The quantitative estimate of drug-likeness (QED) is 0.654. The molecule has 0 saturated carbocycles. The van der Waals surface area contributed by atoms with Crippen LogP contribution in [0.3, 0.4) is 0 Å². The molecule has 62 valence electrons. The summed E-state index contributed by atoms with van der Waals surface area (Å²) in [6, 6.07) is 0. The molecule has 0 aromatic heterocycles. The summed E-state index contributed by atoms with van der Waals surface area (Å²) < 4.78 is 17.1. The number of hydrogen-bond donors (Lipinski definition) is 0. The maximum atomic E-state index is 11.8. The van der Waals surface area contributed by atoms with E-state index in [2.05, 4.69) is 15.9 Å². The van der Waals surface area contributed by atoms with Crippen LogP contribution in [0.2, 0.25) is 0 Å². The van der Waals surface area contributed by atoms with Crippen molar-refractivity contribution in [3.63, 3.8) is 0 Å². The largest absolute Gasteiger partial charge is 0.375 e. The minimum Gasteiger partial charge on any atom is -0.375 e. The van der Waals surface area contributed by atoms with Crippen molar-refractivity contribution in [1.29, 1.82) is 0 Å². The first-order chi connectivity index (χ1) is 4.45. The SMILES string of the molecule is CC(C)(C)OCC(Br)CF. The molecule has 0 N–H and O–H groups in total. The summed E-state index contributed by atoms with van der Waals surface area (Å²) in [5.74, 6) is 0. The first-order valence-corrected chi connectivity index (χ1v) is 4.21. The molecule has 0 aliphatic rings. The second-order valence-corrected chi connectivity index (χ2v) is 4.47. The van der Waals surface area contributed by atoms with Gasteiger partial charge in [0.2, 0.25) is 0 Å². The first-order valence-electron chi connectivity index (χ1n) is 3.29. The van der Waals surface area contributed by atoms with Gasteiger partial charge in [-0.2, -0.15) is 0 Å². The van der Waals surface area contributed by atoms with Crippen LogP contribution in [-0.4, -0.2) is 23.7 Å². The minimum absolute atomic E-state index is 0.160. The molecular weight excluding hydrogens is 199 g/mol. The molecule has 0 aliphatic carbocycles. The number of ether oxygens (including phenoxy) is 1. The number of alkyl halides is 2. The predicted molar refractivity (Wildman–Crippen MR) is 44.4 cm³/mol. The van der Waals surface area contributed by atoms with Gasteiger partial charge >= 0.3 is 0 Å². The van der Waals surface area contributed by atoms with Crippen LogP contribution in [-0.2, 0) is 4.74 Å². The van der Waals surface area contributed by atoms with E-state index in [9.17, 15) is 4.39 Å². The Labute approximate surface area is 70.1 Å². The zero-order chi connectivity index (χ0) is 8.20. The maximum absolute atomic E-state index is 11.8. The lowest BCUT2D eigenvalue weighted by Crippen LogP contribution is -2.24. The van der Waals surface area contributed by atoms with Crippen LogP contribution in [0.5, 0.6) is 0 Å². The van der Waals surface area contributed by atoms with E-state index in [-0.39, 0.29) is 17.1 Å². The van der Waals surface area contributed by atoms with Crippen molar-refractivity contribution in [2.45, 2.75) is 31.2 Å². The molecule has 0 rings (SSSR count). The van der Waals surface area contributed by atoms with E-state index in [1.807, 2.05) is 20.8 Å². The molecule has 0 bridgehead atoms. The Kier molecular flexibility index (Phi) is 4.45. The van der Waals surface area contributed by atoms with Gasteiger partial charge in [0.05, 0.1) is 17.0 Å². The highest BCUT2D eigenvalue weighted by Gasteiger charge is 2.12.